The monoisotopic (exact) mass is 248 g/mol. The number of nitrogens with zero attached hydrogens (tertiary/aromatic N) is 1. The van der Waals surface area contributed by atoms with E-state index in [9.17, 15) is 9.59 Å². The van der Waals surface area contributed by atoms with Crippen molar-refractivity contribution in [3.8, 4) is 0 Å². The van der Waals surface area contributed by atoms with Crippen LogP contribution < -0.4 is 10.2 Å². The smallest absolute Gasteiger partial charge is 0.326 e. The molecule has 0 saturated heterocycles. The van der Waals surface area contributed by atoms with Gasteiger partial charge in [0, 0.05) is 12.7 Å². The maximum atomic E-state index is 11.9. The summed E-state index contributed by atoms with van der Waals surface area (Å²) in [5.41, 5.74) is 0.731. The molecule has 1 fully saturated rings. The zero-order valence-corrected chi connectivity index (χ0v) is 10.2. The molecule has 1 aromatic carbocycles. The Morgan fingerprint density at radius 3 is 2.44 bits per heavy atom. The van der Waals surface area contributed by atoms with Gasteiger partial charge in [-0.1, -0.05) is 18.2 Å². The molecular weight excluding hydrogens is 232 g/mol. The van der Waals surface area contributed by atoms with E-state index in [0.29, 0.717) is 0 Å². The van der Waals surface area contributed by atoms with Crippen LogP contribution in [0, 0.1) is 5.92 Å². The second-order valence-electron chi connectivity index (χ2n) is 4.50. The summed E-state index contributed by atoms with van der Waals surface area (Å²) in [6, 6.07) is 7.95. The number of aliphatic carboxylic acids is 1. The molecule has 2 amide bonds. The maximum Gasteiger partial charge on any atom is 0.326 e. The lowest BCUT2D eigenvalue weighted by molar-refractivity contribution is -0.139. The minimum Gasteiger partial charge on any atom is -0.480 e. The summed E-state index contributed by atoms with van der Waals surface area (Å²) in [6.07, 6.45) is 1.73. The minimum absolute atomic E-state index is 0.0793. The molecule has 96 valence electrons. The second kappa shape index (κ2) is 5.08. The van der Waals surface area contributed by atoms with E-state index in [4.69, 9.17) is 5.11 Å². The Morgan fingerprint density at radius 2 is 1.94 bits per heavy atom. The molecule has 5 heteroatoms. The summed E-state index contributed by atoms with van der Waals surface area (Å²) in [4.78, 5) is 24.4. The lowest BCUT2D eigenvalue weighted by Gasteiger charge is -2.21. The first kappa shape index (κ1) is 12.4. The molecule has 1 saturated carbocycles. The number of hydrogen-bond donors (Lipinski definition) is 2. The predicted octanol–water partition coefficient (Wildman–Crippen LogP) is 1.70. The lowest BCUT2D eigenvalue weighted by Crippen LogP contribution is -2.47. The fourth-order valence-electron chi connectivity index (χ4n) is 1.81. The molecule has 5 nitrogen and oxygen atoms in total. The zero-order valence-electron chi connectivity index (χ0n) is 10.2. The van der Waals surface area contributed by atoms with E-state index in [0.717, 1.165) is 18.5 Å². The third-order valence-electron chi connectivity index (χ3n) is 3.09. The van der Waals surface area contributed by atoms with Crippen LogP contribution in [-0.2, 0) is 4.79 Å². The summed E-state index contributed by atoms with van der Waals surface area (Å²) in [6.45, 7) is 0. The fourth-order valence-corrected chi connectivity index (χ4v) is 1.81. The first-order valence-corrected chi connectivity index (χ1v) is 5.91. The van der Waals surface area contributed by atoms with Crippen molar-refractivity contribution in [2.24, 2.45) is 5.92 Å². The fraction of sp³-hybridized carbons (Fsp3) is 0.385. The van der Waals surface area contributed by atoms with Crippen LogP contribution in [0.2, 0.25) is 0 Å². The Morgan fingerprint density at radius 1 is 1.33 bits per heavy atom. The van der Waals surface area contributed by atoms with Crippen LogP contribution in [0.15, 0.2) is 30.3 Å². The molecule has 18 heavy (non-hydrogen) atoms. The lowest BCUT2D eigenvalue weighted by atomic mass is 10.2. The van der Waals surface area contributed by atoms with Crippen molar-refractivity contribution in [3.63, 3.8) is 0 Å². The highest BCUT2D eigenvalue weighted by molar-refractivity contribution is 5.94. The standard InChI is InChI=1S/C13H16N2O3/c1-15(10-5-3-2-4-6-10)13(18)14-11(12(16)17)9-7-8-9/h2-6,9,11H,7-8H2,1H3,(H,14,18)(H,16,17). The van der Waals surface area contributed by atoms with Gasteiger partial charge in [-0.15, -0.1) is 0 Å². The van der Waals surface area contributed by atoms with Gasteiger partial charge < -0.3 is 10.4 Å². The molecule has 0 bridgehead atoms. The van der Waals surface area contributed by atoms with E-state index < -0.39 is 12.0 Å². The van der Waals surface area contributed by atoms with Crippen LogP contribution in [0.3, 0.4) is 0 Å². The van der Waals surface area contributed by atoms with Crippen LogP contribution in [0.5, 0.6) is 0 Å². The maximum absolute atomic E-state index is 11.9. The number of anilines is 1. The van der Waals surface area contributed by atoms with Gasteiger partial charge in [0.2, 0.25) is 0 Å². The van der Waals surface area contributed by atoms with Gasteiger partial charge in [-0.3, -0.25) is 4.90 Å². The largest absolute Gasteiger partial charge is 0.480 e. The average molecular weight is 248 g/mol. The Labute approximate surface area is 105 Å². The van der Waals surface area contributed by atoms with Crippen molar-refractivity contribution >= 4 is 17.7 Å². The van der Waals surface area contributed by atoms with Gasteiger partial charge in [-0.05, 0) is 30.9 Å². The number of carboxylic acids is 1. The van der Waals surface area contributed by atoms with Crippen LogP contribution in [0.4, 0.5) is 10.5 Å². The van der Waals surface area contributed by atoms with E-state index in [2.05, 4.69) is 5.32 Å². The number of hydrogen-bond acceptors (Lipinski definition) is 2. The highest BCUT2D eigenvalue weighted by Gasteiger charge is 2.37. The molecule has 0 aliphatic heterocycles. The van der Waals surface area contributed by atoms with Crippen LogP contribution >= 0.6 is 0 Å². The van der Waals surface area contributed by atoms with E-state index in [1.54, 1.807) is 19.2 Å². The Kier molecular flexibility index (Phi) is 3.50. The minimum atomic E-state index is -0.965. The van der Waals surface area contributed by atoms with Gasteiger partial charge in [0.05, 0.1) is 0 Å². The summed E-state index contributed by atoms with van der Waals surface area (Å²) in [5.74, 6) is -0.886. The van der Waals surface area contributed by atoms with E-state index in [-0.39, 0.29) is 11.9 Å². The van der Waals surface area contributed by atoms with E-state index >= 15 is 0 Å². The summed E-state index contributed by atoms with van der Waals surface area (Å²) in [7, 11) is 1.62. The van der Waals surface area contributed by atoms with E-state index in [1.807, 2.05) is 18.2 Å². The molecule has 0 aromatic heterocycles. The molecule has 0 heterocycles. The van der Waals surface area contributed by atoms with Crippen molar-refractivity contribution in [1.82, 2.24) is 5.32 Å². The van der Waals surface area contributed by atoms with Crippen LogP contribution in [-0.4, -0.2) is 30.2 Å². The average Bonchev–Trinajstić information content (AvgIpc) is 3.19. The van der Waals surface area contributed by atoms with Gasteiger partial charge in [-0.25, -0.2) is 9.59 Å². The number of carboxylic acid groups (broad SMARTS) is 1. The van der Waals surface area contributed by atoms with Crippen molar-refractivity contribution < 1.29 is 14.7 Å². The van der Waals surface area contributed by atoms with Crippen molar-refractivity contribution in [3.05, 3.63) is 30.3 Å². The predicted molar refractivity (Wildman–Crippen MR) is 67.5 cm³/mol. The molecule has 0 spiro atoms. The van der Waals surface area contributed by atoms with Gasteiger partial charge in [0.25, 0.3) is 0 Å². The summed E-state index contributed by atoms with van der Waals surface area (Å²) in [5, 5.41) is 11.6. The van der Waals surface area contributed by atoms with Gasteiger partial charge in [0.1, 0.15) is 6.04 Å². The summed E-state index contributed by atoms with van der Waals surface area (Å²) >= 11 is 0. The molecule has 1 unspecified atom stereocenters. The van der Waals surface area contributed by atoms with Gasteiger partial charge in [-0.2, -0.15) is 0 Å². The number of carbonyl (C=O) groups excluding carboxylic acids is 1. The number of urea groups is 1. The second-order valence-corrected chi connectivity index (χ2v) is 4.50. The highest BCUT2D eigenvalue weighted by atomic mass is 16.4. The third kappa shape index (κ3) is 2.80. The Bertz CT molecular complexity index is 443. The van der Waals surface area contributed by atoms with Crippen molar-refractivity contribution in [2.75, 3.05) is 11.9 Å². The van der Waals surface area contributed by atoms with Crippen molar-refractivity contribution in [2.45, 2.75) is 18.9 Å². The third-order valence-corrected chi connectivity index (χ3v) is 3.09. The van der Waals surface area contributed by atoms with Crippen LogP contribution in [0.1, 0.15) is 12.8 Å². The number of rotatable bonds is 4. The molecule has 1 aliphatic rings. The molecule has 2 rings (SSSR count). The highest BCUT2D eigenvalue weighted by Crippen LogP contribution is 2.32. The quantitative estimate of drug-likeness (QED) is 0.852. The number of amides is 2. The molecule has 2 N–H and O–H groups in total. The Balaban J connectivity index is 2.00. The van der Waals surface area contributed by atoms with Crippen LogP contribution in [0.25, 0.3) is 0 Å². The number of nitrogens with one attached hydrogen (secondary N) is 1. The normalized spacial score (nSPS) is 15.8. The first-order valence-electron chi connectivity index (χ1n) is 5.91. The topological polar surface area (TPSA) is 69.6 Å². The number of para-hydroxylation sites is 1. The summed E-state index contributed by atoms with van der Waals surface area (Å²) < 4.78 is 0. The molecule has 1 aliphatic carbocycles. The molecule has 0 radical (unpaired) electrons. The SMILES string of the molecule is CN(C(=O)NC(C(=O)O)C1CC1)c1ccccc1. The molecule has 1 atom stereocenters. The van der Waals surface area contributed by atoms with Gasteiger partial charge in [0.15, 0.2) is 0 Å². The Hall–Kier alpha value is -2.04. The molecular formula is C13H16N2O3. The van der Waals surface area contributed by atoms with Gasteiger partial charge >= 0.3 is 12.0 Å². The molecule has 1 aromatic rings. The number of benzene rings is 1. The first-order chi connectivity index (χ1) is 8.59. The van der Waals surface area contributed by atoms with Crippen molar-refractivity contribution in [1.29, 1.82) is 0 Å². The number of carbonyl (C=O) groups is 2. The zero-order chi connectivity index (χ0) is 13.1. The van der Waals surface area contributed by atoms with E-state index in [1.165, 1.54) is 4.90 Å².